The van der Waals surface area contributed by atoms with Crippen LogP contribution in [0.15, 0.2) is 48.5 Å². The highest BCUT2D eigenvalue weighted by molar-refractivity contribution is 6.02. The highest BCUT2D eigenvalue weighted by Gasteiger charge is 2.42. The minimum Gasteiger partial charge on any atom is -0.356 e. The van der Waals surface area contributed by atoms with Crippen LogP contribution in [0, 0.1) is 5.92 Å². The summed E-state index contributed by atoms with van der Waals surface area (Å²) >= 11 is 0. The molecule has 0 radical (unpaired) electrons. The Labute approximate surface area is 187 Å². The Kier molecular flexibility index (Phi) is 4.49. The first-order valence-electron chi connectivity index (χ1n) is 11.6. The summed E-state index contributed by atoms with van der Waals surface area (Å²) in [6, 6.07) is 16.3. The van der Waals surface area contributed by atoms with E-state index < -0.39 is 0 Å². The molecule has 3 aliphatic rings. The van der Waals surface area contributed by atoms with Crippen LogP contribution in [0.25, 0.3) is 10.9 Å². The maximum Gasteiger partial charge on any atom is 0.257 e. The van der Waals surface area contributed by atoms with Crippen LogP contribution in [0.2, 0.25) is 0 Å². The van der Waals surface area contributed by atoms with Crippen LogP contribution in [-0.4, -0.2) is 41.4 Å². The first-order valence-corrected chi connectivity index (χ1v) is 11.6. The number of benzene rings is 2. The lowest BCUT2D eigenvalue weighted by atomic mass is 9.96. The van der Waals surface area contributed by atoms with Crippen molar-refractivity contribution >= 4 is 28.4 Å². The van der Waals surface area contributed by atoms with E-state index in [-0.39, 0.29) is 18.0 Å². The summed E-state index contributed by atoms with van der Waals surface area (Å²) < 4.78 is 2.29. The fraction of sp³-hybridized carbons (Fsp3) is 0.385. The number of aryl methyl sites for hydroxylation is 1. The van der Waals surface area contributed by atoms with Crippen molar-refractivity contribution in [3.8, 4) is 0 Å². The van der Waals surface area contributed by atoms with E-state index in [0.29, 0.717) is 25.4 Å². The van der Waals surface area contributed by atoms with Gasteiger partial charge >= 0.3 is 0 Å². The maximum absolute atomic E-state index is 13.4. The minimum atomic E-state index is -0.164. The molecule has 2 amide bonds. The number of anilines is 1. The third-order valence-electron chi connectivity index (χ3n) is 7.25. The number of nitrogens with one attached hydrogen (secondary N) is 1. The lowest BCUT2D eigenvalue weighted by molar-refractivity contribution is -0.121. The molecule has 2 aromatic carbocycles. The summed E-state index contributed by atoms with van der Waals surface area (Å²) in [5, 5.41) is 4.33. The molecule has 1 saturated carbocycles. The Morgan fingerprint density at radius 2 is 1.88 bits per heavy atom. The zero-order valence-electron chi connectivity index (χ0n) is 18.4. The second kappa shape index (κ2) is 7.40. The third-order valence-corrected chi connectivity index (χ3v) is 7.25. The monoisotopic (exact) mass is 428 g/mol. The molecule has 1 atom stereocenters. The van der Waals surface area contributed by atoms with Crippen LogP contribution < -0.4 is 10.2 Å². The lowest BCUT2D eigenvalue weighted by Gasteiger charge is -2.46. The molecule has 1 aromatic heterocycles. The van der Waals surface area contributed by atoms with Crippen molar-refractivity contribution in [1.29, 1.82) is 0 Å². The number of fused-ring (bicyclic) bond motifs is 6. The summed E-state index contributed by atoms with van der Waals surface area (Å²) in [4.78, 5) is 30.1. The van der Waals surface area contributed by atoms with Gasteiger partial charge in [-0.1, -0.05) is 30.3 Å². The Balaban J connectivity index is 1.41. The van der Waals surface area contributed by atoms with Crippen LogP contribution in [-0.2, 0) is 17.8 Å². The molecule has 32 heavy (non-hydrogen) atoms. The molecule has 0 bridgehead atoms. The number of hydrogen-bond donors (Lipinski definition) is 1. The lowest BCUT2D eigenvalue weighted by Crippen LogP contribution is -2.51. The zero-order chi connectivity index (χ0) is 21.8. The highest BCUT2D eigenvalue weighted by Crippen LogP contribution is 2.44. The Hall–Kier alpha value is -3.28. The SMILES string of the molecule is CN1c2ccccc2C(=O)N2CCc3c(n(CCC(=O)NCC4CC4)c4ccccc34)C21. The van der Waals surface area contributed by atoms with E-state index in [1.54, 1.807) is 0 Å². The van der Waals surface area contributed by atoms with Crippen molar-refractivity contribution < 1.29 is 9.59 Å². The predicted octanol–water partition coefficient (Wildman–Crippen LogP) is 3.70. The summed E-state index contributed by atoms with van der Waals surface area (Å²) in [6.07, 6.45) is 3.57. The van der Waals surface area contributed by atoms with Crippen molar-refractivity contribution in [3.05, 3.63) is 65.4 Å². The number of hydrogen-bond acceptors (Lipinski definition) is 3. The second-order valence-electron chi connectivity index (χ2n) is 9.28. The van der Waals surface area contributed by atoms with Crippen molar-refractivity contribution in [2.24, 2.45) is 5.92 Å². The Morgan fingerprint density at radius 1 is 1.09 bits per heavy atom. The van der Waals surface area contributed by atoms with Gasteiger partial charge in [0.05, 0.1) is 16.9 Å². The largest absolute Gasteiger partial charge is 0.356 e. The topological polar surface area (TPSA) is 57.6 Å². The van der Waals surface area contributed by atoms with Crippen molar-refractivity contribution in [1.82, 2.24) is 14.8 Å². The molecular weight excluding hydrogens is 400 g/mol. The minimum absolute atomic E-state index is 0.0910. The van der Waals surface area contributed by atoms with Crippen molar-refractivity contribution in [2.45, 2.75) is 38.4 Å². The van der Waals surface area contributed by atoms with E-state index in [4.69, 9.17) is 0 Å². The Bertz CT molecular complexity index is 1230. The Morgan fingerprint density at radius 3 is 2.72 bits per heavy atom. The van der Waals surface area contributed by atoms with Crippen LogP contribution in [0.5, 0.6) is 0 Å². The van der Waals surface area contributed by atoms with Gasteiger partial charge in [-0.15, -0.1) is 0 Å². The van der Waals surface area contributed by atoms with Gasteiger partial charge in [0.15, 0.2) is 0 Å². The first-order chi connectivity index (χ1) is 15.6. The van der Waals surface area contributed by atoms with E-state index >= 15 is 0 Å². The fourth-order valence-corrected chi connectivity index (χ4v) is 5.43. The molecular formula is C26H28N4O2. The van der Waals surface area contributed by atoms with Crippen LogP contribution in [0.3, 0.4) is 0 Å². The molecule has 1 unspecified atom stereocenters. The molecule has 0 spiro atoms. The molecule has 6 heteroatoms. The number of carbonyl (C=O) groups excluding carboxylic acids is 2. The molecule has 6 nitrogen and oxygen atoms in total. The van der Waals surface area contributed by atoms with Crippen molar-refractivity contribution in [2.75, 3.05) is 25.0 Å². The average Bonchev–Trinajstić information content (AvgIpc) is 3.60. The normalized spacial score (nSPS) is 19.5. The van der Waals surface area contributed by atoms with Gasteiger partial charge in [0.2, 0.25) is 5.91 Å². The van der Waals surface area contributed by atoms with Gasteiger partial charge in [0.1, 0.15) is 6.17 Å². The molecule has 1 fully saturated rings. The van der Waals surface area contributed by atoms with E-state index in [1.165, 1.54) is 23.8 Å². The zero-order valence-corrected chi connectivity index (χ0v) is 18.4. The van der Waals surface area contributed by atoms with Crippen LogP contribution in [0.4, 0.5) is 5.69 Å². The van der Waals surface area contributed by atoms with E-state index in [1.807, 2.05) is 29.2 Å². The van der Waals surface area contributed by atoms with Crippen LogP contribution in [0.1, 0.15) is 47.0 Å². The standard InChI is InChI=1S/C26H28N4O2/c1-28-21-8-4-3-7-20(21)26(32)30-14-12-19-18-6-2-5-9-22(18)29(24(19)25(28)30)15-13-23(31)27-16-17-10-11-17/h2-9,17,25H,10-16H2,1H3,(H,27,31). The number of rotatable bonds is 5. The first kappa shape index (κ1) is 19.4. The van der Waals surface area contributed by atoms with E-state index in [2.05, 4.69) is 46.1 Å². The highest BCUT2D eigenvalue weighted by atomic mass is 16.2. The maximum atomic E-state index is 13.4. The molecule has 2 aliphatic heterocycles. The van der Waals surface area contributed by atoms with Gasteiger partial charge in [-0.25, -0.2) is 0 Å². The van der Waals surface area contributed by atoms with Gasteiger partial charge in [0, 0.05) is 44.0 Å². The van der Waals surface area contributed by atoms with Gasteiger partial charge in [-0.05, 0) is 48.9 Å². The average molecular weight is 429 g/mol. The summed E-state index contributed by atoms with van der Waals surface area (Å²) in [5.41, 5.74) is 5.33. The predicted molar refractivity (Wildman–Crippen MR) is 125 cm³/mol. The molecule has 1 aliphatic carbocycles. The molecule has 164 valence electrons. The van der Waals surface area contributed by atoms with Gasteiger partial charge in [-0.3, -0.25) is 9.59 Å². The quantitative estimate of drug-likeness (QED) is 0.674. The van der Waals surface area contributed by atoms with E-state index in [9.17, 15) is 9.59 Å². The summed E-state index contributed by atoms with van der Waals surface area (Å²) in [7, 11) is 2.07. The number of amides is 2. The summed E-state index contributed by atoms with van der Waals surface area (Å²) in [6.45, 7) is 2.11. The van der Waals surface area contributed by atoms with Crippen LogP contribution >= 0.6 is 0 Å². The van der Waals surface area contributed by atoms with Gasteiger partial charge in [0.25, 0.3) is 5.91 Å². The second-order valence-corrected chi connectivity index (χ2v) is 9.28. The van der Waals surface area contributed by atoms with E-state index in [0.717, 1.165) is 35.4 Å². The smallest absolute Gasteiger partial charge is 0.257 e. The molecule has 6 rings (SSSR count). The fourth-order valence-electron chi connectivity index (χ4n) is 5.43. The number of aromatic nitrogens is 1. The number of para-hydroxylation sites is 2. The number of nitrogens with zero attached hydrogens (tertiary/aromatic N) is 3. The molecule has 3 heterocycles. The molecule has 3 aromatic rings. The third kappa shape index (κ3) is 3.00. The van der Waals surface area contributed by atoms with Gasteiger partial charge < -0.3 is 19.7 Å². The number of carbonyl (C=O) groups is 2. The van der Waals surface area contributed by atoms with Crippen molar-refractivity contribution in [3.63, 3.8) is 0 Å². The molecule has 1 N–H and O–H groups in total. The molecule has 0 saturated heterocycles. The summed E-state index contributed by atoms with van der Waals surface area (Å²) in [5.74, 6) is 0.873. The van der Waals surface area contributed by atoms with Gasteiger partial charge in [-0.2, -0.15) is 0 Å².